The van der Waals surface area contributed by atoms with Crippen LogP contribution in [0.1, 0.15) is 18.4 Å². The lowest BCUT2D eigenvalue weighted by Crippen LogP contribution is -2.30. The maximum Gasteiger partial charge on any atom is 0.319 e. The summed E-state index contributed by atoms with van der Waals surface area (Å²) in [5.41, 5.74) is 0.930. The zero-order valence-corrected chi connectivity index (χ0v) is 10.4. The van der Waals surface area contributed by atoms with Gasteiger partial charge < -0.3 is 10.6 Å². The predicted molar refractivity (Wildman–Crippen MR) is 64.0 cm³/mol. The van der Waals surface area contributed by atoms with E-state index in [1.807, 2.05) is 0 Å². The number of amides is 2. The number of halogens is 2. The molecule has 1 aromatic rings. The first kappa shape index (κ1) is 11.4. The molecule has 1 fully saturated rings. The van der Waals surface area contributed by atoms with E-state index in [9.17, 15) is 9.18 Å². The average molecular weight is 287 g/mol. The number of hydrogen-bond donors (Lipinski definition) is 2. The molecule has 0 atom stereocenters. The van der Waals surface area contributed by atoms with Crippen LogP contribution in [0, 0.1) is 12.7 Å². The molecule has 0 radical (unpaired) electrons. The number of benzene rings is 1. The highest BCUT2D eigenvalue weighted by atomic mass is 79.9. The highest BCUT2D eigenvalue weighted by Gasteiger charge is 2.23. The number of hydrogen-bond acceptors (Lipinski definition) is 1. The molecule has 0 heterocycles. The predicted octanol–water partition coefficient (Wildman–Crippen LogP) is 3.18. The molecule has 0 bridgehead atoms. The van der Waals surface area contributed by atoms with E-state index in [4.69, 9.17) is 0 Å². The second kappa shape index (κ2) is 4.41. The van der Waals surface area contributed by atoms with Crippen LogP contribution in [0.3, 0.4) is 0 Å². The second-order valence-corrected chi connectivity index (χ2v) is 4.76. The van der Waals surface area contributed by atoms with Gasteiger partial charge in [0.05, 0.1) is 4.47 Å². The normalized spacial score (nSPS) is 14.7. The van der Waals surface area contributed by atoms with Crippen molar-refractivity contribution >= 4 is 27.6 Å². The quantitative estimate of drug-likeness (QED) is 0.861. The minimum atomic E-state index is -0.343. The van der Waals surface area contributed by atoms with Crippen molar-refractivity contribution in [2.45, 2.75) is 25.8 Å². The van der Waals surface area contributed by atoms with E-state index in [1.165, 1.54) is 0 Å². The van der Waals surface area contributed by atoms with E-state index in [0.29, 0.717) is 21.8 Å². The third-order valence-electron chi connectivity index (χ3n) is 2.50. The fraction of sp³-hybridized carbons (Fsp3) is 0.364. The van der Waals surface area contributed by atoms with E-state index < -0.39 is 0 Å². The summed E-state index contributed by atoms with van der Waals surface area (Å²) in [5, 5.41) is 5.42. The van der Waals surface area contributed by atoms with Crippen LogP contribution in [-0.2, 0) is 0 Å². The lowest BCUT2D eigenvalue weighted by atomic mass is 10.2. The van der Waals surface area contributed by atoms with Crippen molar-refractivity contribution in [1.82, 2.24) is 5.32 Å². The van der Waals surface area contributed by atoms with Crippen LogP contribution in [0.4, 0.5) is 14.9 Å². The number of anilines is 1. The van der Waals surface area contributed by atoms with Crippen molar-refractivity contribution in [2.24, 2.45) is 0 Å². The Kier molecular flexibility index (Phi) is 3.14. The zero-order valence-electron chi connectivity index (χ0n) is 8.81. The molecule has 3 nitrogen and oxygen atoms in total. The fourth-order valence-corrected chi connectivity index (χ4v) is 1.79. The summed E-state index contributed by atoms with van der Waals surface area (Å²) < 4.78 is 13.9. The summed E-state index contributed by atoms with van der Waals surface area (Å²) in [6.07, 6.45) is 2.06. The Hall–Kier alpha value is -1.10. The number of rotatable bonds is 2. The maximum absolute atomic E-state index is 13.5. The monoisotopic (exact) mass is 286 g/mol. The van der Waals surface area contributed by atoms with Crippen LogP contribution in [0.2, 0.25) is 0 Å². The summed E-state index contributed by atoms with van der Waals surface area (Å²) in [7, 11) is 0. The van der Waals surface area contributed by atoms with Gasteiger partial charge >= 0.3 is 6.03 Å². The minimum absolute atomic E-state index is 0.271. The van der Waals surface area contributed by atoms with Crippen molar-refractivity contribution in [3.63, 3.8) is 0 Å². The molecular formula is C11H12BrFN2O. The SMILES string of the molecule is Cc1c(NC(=O)NC2CC2)ccc(Br)c1F. The topological polar surface area (TPSA) is 41.1 Å². The number of urea groups is 1. The van der Waals surface area contributed by atoms with Crippen molar-refractivity contribution in [2.75, 3.05) is 5.32 Å². The van der Waals surface area contributed by atoms with Gasteiger partial charge in [-0.15, -0.1) is 0 Å². The van der Waals surface area contributed by atoms with Gasteiger partial charge in [0, 0.05) is 17.3 Å². The molecule has 0 unspecified atom stereocenters. The van der Waals surface area contributed by atoms with E-state index in [1.54, 1.807) is 19.1 Å². The van der Waals surface area contributed by atoms with Gasteiger partial charge in [-0.3, -0.25) is 0 Å². The first-order chi connectivity index (χ1) is 7.58. The molecule has 0 saturated heterocycles. The highest BCUT2D eigenvalue weighted by Crippen LogP contribution is 2.25. The molecular weight excluding hydrogens is 275 g/mol. The Morgan fingerprint density at radius 2 is 2.19 bits per heavy atom. The fourth-order valence-electron chi connectivity index (χ4n) is 1.36. The molecule has 0 spiro atoms. The Balaban J connectivity index is 2.08. The molecule has 2 amide bonds. The molecule has 1 aromatic carbocycles. The van der Waals surface area contributed by atoms with Crippen LogP contribution in [0.15, 0.2) is 16.6 Å². The Labute approximate surface area is 102 Å². The van der Waals surface area contributed by atoms with Crippen LogP contribution >= 0.6 is 15.9 Å². The van der Waals surface area contributed by atoms with E-state index in [-0.39, 0.29) is 11.8 Å². The molecule has 1 aliphatic carbocycles. The first-order valence-electron chi connectivity index (χ1n) is 5.10. The third kappa shape index (κ3) is 2.52. The molecule has 2 rings (SSSR count). The summed E-state index contributed by atoms with van der Waals surface area (Å²) in [6.45, 7) is 1.63. The van der Waals surface area contributed by atoms with E-state index in [0.717, 1.165) is 12.8 Å². The van der Waals surface area contributed by atoms with Gasteiger partial charge in [0.25, 0.3) is 0 Å². The summed E-state index contributed by atoms with van der Waals surface area (Å²) >= 11 is 3.09. The lowest BCUT2D eigenvalue weighted by Gasteiger charge is -2.10. The lowest BCUT2D eigenvalue weighted by molar-refractivity contribution is 0.251. The summed E-state index contributed by atoms with van der Waals surface area (Å²) in [6, 6.07) is 3.28. The standard InChI is InChI=1S/C11H12BrFN2O/c1-6-9(5-4-8(12)10(6)13)15-11(16)14-7-2-3-7/h4-5,7H,2-3H2,1H3,(H2,14,15,16). The Morgan fingerprint density at radius 3 is 2.81 bits per heavy atom. The smallest absolute Gasteiger partial charge is 0.319 e. The maximum atomic E-state index is 13.5. The minimum Gasteiger partial charge on any atom is -0.335 e. The van der Waals surface area contributed by atoms with Crippen molar-refractivity contribution in [3.05, 3.63) is 28.0 Å². The molecule has 5 heteroatoms. The van der Waals surface area contributed by atoms with Gasteiger partial charge in [-0.25, -0.2) is 9.18 Å². The van der Waals surface area contributed by atoms with Gasteiger partial charge in [-0.1, -0.05) is 0 Å². The van der Waals surface area contributed by atoms with Crippen molar-refractivity contribution in [3.8, 4) is 0 Å². The summed E-state index contributed by atoms with van der Waals surface area (Å²) in [5.74, 6) is -0.343. The van der Waals surface area contributed by atoms with E-state index >= 15 is 0 Å². The number of carbonyl (C=O) groups is 1. The third-order valence-corrected chi connectivity index (χ3v) is 3.11. The molecule has 0 aromatic heterocycles. The zero-order chi connectivity index (χ0) is 11.7. The molecule has 2 N–H and O–H groups in total. The van der Waals surface area contributed by atoms with Gasteiger partial charge in [0.15, 0.2) is 0 Å². The Bertz CT molecular complexity index is 432. The summed E-state index contributed by atoms with van der Waals surface area (Å²) in [4.78, 5) is 11.5. The molecule has 1 aliphatic rings. The van der Waals surface area contributed by atoms with Crippen LogP contribution in [-0.4, -0.2) is 12.1 Å². The second-order valence-electron chi connectivity index (χ2n) is 3.91. The van der Waals surface area contributed by atoms with Gasteiger partial charge in [-0.2, -0.15) is 0 Å². The number of carbonyl (C=O) groups excluding carboxylic acids is 1. The molecule has 0 aliphatic heterocycles. The van der Waals surface area contributed by atoms with Gasteiger partial charge in [-0.05, 0) is 47.8 Å². The molecule has 1 saturated carbocycles. The highest BCUT2D eigenvalue weighted by molar-refractivity contribution is 9.10. The first-order valence-corrected chi connectivity index (χ1v) is 5.89. The number of nitrogens with one attached hydrogen (secondary N) is 2. The Morgan fingerprint density at radius 1 is 1.50 bits per heavy atom. The van der Waals surface area contributed by atoms with Crippen molar-refractivity contribution < 1.29 is 9.18 Å². The van der Waals surface area contributed by atoms with Crippen LogP contribution in [0.5, 0.6) is 0 Å². The van der Waals surface area contributed by atoms with Crippen molar-refractivity contribution in [1.29, 1.82) is 0 Å². The van der Waals surface area contributed by atoms with Gasteiger partial charge in [0.2, 0.25) is 0 Å². The molecule has 86 valence electrons. The molecule has 16 heavy (non-hydrogen) atoms. The van der Waals surface area contributed by atoms with Crippen LogP contribution < -0.4 is 10.6 Å². The van der Waals surface area contributed by atoms with Crippen LogP contribution in [0.25, 0.3) is 0 Å². The van der Waals surface area contributed by atoms with Gasteiger partial charge in [0.1, 0.15) is 5.82 Å². The average Bonchev–Trinajstić information content (AvgIpc) is 3.03. The van der Waals surface area contributed by atoms with E-state index in [2.05, 4.69) is 26.6 Å². The largest absolute Gasteiger partial charge is 0.335 e.